The van der Waals surface area contributed by atoms with Crippen LogP contribution in [0.15, 0.2) is 102 Å². The molecular formula is C36H36BrF2NO7P2S. The van der Waals surface area contributed by atoms with E-state index >= 15 is 0 Å². The van der Waals surface area contributed by atoms with E-state index in [1.807, 2.05) is 72.8 Å². The van der Waals surface area contributed by atoms with Gasteiger partial charge < -0.3 is 14.5 Å². The summed E-state index contributed by atoms with van der Waals surface area (Å²) in [5, 5.41) is 0.449. The number of ether oxygens (including phenoxy) is 1. The van der Waals surface area contributed by atoms with Crippen LogP contribution in [-0.4, -0.2) is 21.9 Å². The number of methoxy groups -OCH3 is 1. The second-order valence-electron chi connectivity index (χ2n) is 12.3. The Hall–Kier alpha value is -2.76. The number of benzene rings is 4. The van der Waals surface area contributed by atoms with Crippen LogP contribution in [0.1, 0.15) is 48.2 Å². The summed E-state index contributed by atoms with van der Waals surface area (Å²) >= 11 is 4.99. The van der Waals surface area contributed by atoms with Crippen LogP contribution in [-0.2, 0) is 46.6 Å². The van der Waals surface area contributed by atoms with Crippen molar-refractivity contribution < 1.29 is 42.2 Å². The number of pyridine rings is 1. The highest BCUT2D eigenvalue weighted by Crippen LogP contribution is 2.53. The largest absolute Gasteiger partial charge is 0.399 e. The SMILES string of the molecule is COC(CC(C)C)(c1ccccc1)c1ccc2cc(-c3ccc(CSCc4ccc(CP(=O)(OF)OF)c(Br)c4)cc3)cc(P(=O)(O)O)c2n1. The first kappa shape index (κ1) is 38.5. The zero-order valence-corrected chi connectivity index (χ0v) is 31.7. The lowest BCUT2D eigenvalue weighted by Gasteiger charge is -2.34. The van der Waals surface area contributed by atoms with Gasteiger partial charge in [-0.2, -0.15) is 11.8 Å². The Morgan fingerprint density at radius 3 is 2.12 bits per heavy atom. The van der Waals surface area contributed by atoms with Gasteiger partial charge in [0.15, 0.2) is 0 Å². The normalized spacial score (nSPS) is 13.5. The standard InChI is InChI=1S/C36H36BrF2NO7P2S/c1-24(2)20-36(45-3,31-7-5-4-6-8-31)34-16-15-28-18-30(19-33(35(28)40-34)49(42,43)44)27-12-9-25(10-13-27)22-50-23-26-11-14-29(32(37)17-26)21-48(41,46-38)47-39/h4-19,24H,20-23H2,1-3H3,(H2,42,43,44). The summed E-state index contributed by atoms with van der Waals surface area (Å²) in [6.45, 7) is 4.19. The molecule has 0 saturated heterocycles. The Kier molecular flexibility index (Phi) is 12.5. The van der Waals surface area contributed by atoms with Gasteiger partial charge in [-0.1, -0.05) is 103 Å². The van der Waals surface area contributed by atoms with Gasteiger partial charge in [0.2, 0.25) is 0 Å². The fraction of sp³-hybridized carbons (Fsp3) is 0.250. The predicted octanol–water partition coefficient (Wildman–Crippen LogP) is 10.3. The second kappa shape index (κ2) is 16.3. The van der Waals surface area contributed by atoms with Gasteiger partial charge in [0, 0.05) is 28.5 Å². The Balaban J connectivity index is 1.37. The Morgan fingerprint density at radius 2 is 1.52 bits per heavy atom. The smallest absolute Gasteiger partial charge is 0.367 e. The molecule has 0 aliphatic carbocycles. The number of rotatable bonds is 15. The third-order valence-corrected chi connectivity index (χ3v) is 12.2. The van der Waals surface area contributed by atoms with Crippen molar-refractivity contribution in [1.29, 1.82) is 0 Å². The quantitative estimate of drug-likeness (QED) is 0.0998. The van der Waals surface area contributed by atoms with Crippen molar-refractivity contribution in [3.8, 4) is 11.1 Å². The molecule has 1 aromatic heterocycles. The van der Waals surface area contributed by atoms with E-state index < -0.39 is 27.0 Å². The third-order valence-electron chi connectivity index (χ3n) is 8.30. The number of thioether (sulfide) groups is 1. The number of aromatic nitrogens is 1. The molecule has 4 aromatic carbocycles. The van der Waals surface area contributed by atoms with Crippen LogP contribution in [0.25, 0.3) is 22.0 Å². The monoisotopic (exact) mass is 805 g/mol. The molecule has 0 bridgehead atoms. The maximum atomic E-state index is 12.9. The van der Waals surface area contributed by atoms with Gasteiger partial charge in [-0.15, -0.1) is 9.46 Å². The van der Waals surface area contributed by atoms with Crippen molar-refractivity contribution in [3.05, 3.63) is 129 Å². The van der Waals surface area contributed by atoms with E-state index in [-0.39, 0.29) is 16.7 Å². The topological polar surface area (TPSA) is 115 Å². The lowest BCUT2D eigenvalue weighted by Crippen LogP contribution is -2.33. The molecule has 2 N–H and O–H groups in total. The lowest BCUT2D eigenvalue weighted by molar-refractivity contribution is -0.0881. The van der Waals surface area contributed by atoms with Gasteiger partial charge in [0.1, 0.15) is 5.60 Å². The molecular weight excluding hydrogens is 770 g/mol. The van der Waals surface area contributed by atoms with Crippen LogP contribution < -0.4 is 5.30 Å². The van der Waals surface area contributed by atoms with E-state index in [1.54, 1.807) is 37.1 Å². The zero-order valence-electron chi connectivity index (χ0n) is 27.5. The number of halogens is 3. The Labute approximate surface area is 302 Å². The van der Waals surface area contributed by atoms with Crippen LogP contribution in [0.2, 0.25) is 0 Å². The van der Waals surface area contributed by atoms with E-state index in [4.69, 9.17) is 9.72 Å². The summed E-state index contributed by atoms with van der Waals surface area (Å²) in [6, 6.07) is 29.8. The number of nitrogens with zero attached hydrogens (tertiary/aromatic N) is 1. The molecule has 5 rings (SSSR count). The molecule has 1 heterocycles. The molecule has 8 nitrogen and oxygen atoms in total. The van der Waals surface area contributed by atoms with E-state index in [9.17, 15) is 28.0 Å². The van der Waals surface area contributed by atoms with Gasteiger partial charge >= 0.3 is 15.2 Å². The summed E-state index contributed by atoms with van der Waals surface area (Å²) in [7, 11) is -7.60. The van der Waals surface area contributed by atoms with Crippen molar-refractivity contribution in [3.63, 3.8) is 0 Å². The first-order chi connectivity index (χ1) is 23.8. The fourth-order valence-electron chi connectivity index (χ4n) is 5.95. The van der Waals surface area contributed by atoms with E-state index in [0.717, 1.165) is 22.3 Å². The summed E-state index contributed by atoms with van der Waals surface area (Å²) in [5.41, 5.74) is 4.60. The van der Waals surface area contributed by atoms with Crippen LogP contribution >= 0.6 is 42.9 Å². The van der Waals surface area contributed by atoms with Gasteiger partial charge in [-0.3, -0.25) is 9.13 Å². The lowest BCUT2D eigenvalue weighted by atomic mass is 9.82. The highest BCUT2D eigenvalue weighted by Gasteiger charge is 2.37. The summed E-state index contributed by atoms with van der Waals surface area (Å²) in [5.74, 6) is 1.55. The molecule has 1 unspecified atom stereocenters. The predicted molar refractivity (Wildman–Crippen MR) is 197 cm³/mol. The van der Waals surface area contributed by atoms with Gasteiger partial charge in [0.05, 0.1) is 22.7 Å². The average Bonchev–Trinajstić information content (AvgIpc) is 3.11. The van der Waals surface area contributed by atoms with E-state index in [0.29, 0.717) is 44.6 Å². The molecule has 264 valence electrons. The van der Waals surface area contributed by atoms with E-state index in [1.165, 1.54) is 6.07 Å². The Morgan fingerprint density at radius 1 is 0.860 bits per heavy atom. The minimum Gasteiger partial charge on any atom is -0.367 e. The van der Waals surface area contributed by atoms with Crippen molar-refractivity contribution >= 4 is 59.1 Å². The molecule has 0 radical (unpaired) electrons. The summed E-state index contributed by atoms with van der Waals surface area (Å²) < 4.78 is 62.7. The number of hydrogen-bond acceptors (Lipinski definition) is 7. The summed E-state index contributed by atoms with van der Waals surface area (Å²) in [6.07, 6.45) is 0.0503. The van der Waals surface area contributed by atoms with Gasteiger partial charge in [-0.25, -0.2) is 4.98 Å². The molecule has 0 spiro atoms. The Bertz CT molecular complexity index is 2040. The molecule has 50 heavy (non-hydrogen) atoms. The maximum absolute atomic E-state index is 12.9. The number of hydrogen-bond donors (Lipinski definition) is 2. The molecule has 0 fully saturated rings. The van der Waals surface area contributed by atoms with Crippen molar-refractivity contribution in [2.24, 2.45) is 5.92 Å². The van der Waals surface area contributed by atoms with Crippen molar-refractivity contribution in [2.45, 2.75) is 43.5 Å². The molecule has 1 atom stereocenters. The van der Waals surface area contributed by atoms with Crippen LogP contribution in [0.5, 0.6) is 0 Å². The second-order valence-corrected chi connectivity index (χ2v) is 17.5. The highest BCUT2D eigenvalue weighted by atomic mass is 79.9. The maximum Gasteiger partial charge on any atom is 0.399 e. The van der Waals surface area contributed by atoms with Crippen molar-refractivity contribution in [2.75, 3.05) is 7.11 Å². The first-order valence-electron chi connectivity index (χ1n) is 15.6. The highest BCUT2D eigenvalue weighted by molar-refractivity contribution is 9.10. The molecule has 14 heteroatoms. The first-order valence-corrected chi connectivity index (χ1v) is 20.9. The zero-order chi connectivity index (χ0) is 36.1. The minimum absolute atomic E-state index is 0.150. The number of fused-ring (bicyclic) bond motifs is 1. The molecule has 0 aliphatic rings. The van der Waals surface area contributed by atoms with Crippen LogP contribution in [0.4, 0.5) is 9.05 Å². The van der Waals surface area contributed by atoms with Gasteiger partial charge in [-0.05, 0) is 79.0 Å². The van der Waals surface area contributed by atoms with E-state index in [2.05, 4.69) is 39.2 Å². The van der Waals surface area contributed by atoms with Gasteiger partial charge in [0.25, 0.3) is 0 Å². The minimum atomic E-state index is -4.74. The molecule has 0 aliphatic heterocycles. The molecule has 0 amide bonds. The van der Waals surface area contributed by atoms with Crippen molar-refractivity contribution in [1.82, 2.24) is 4.98 Å². The van der Waals surface area contributed by atoms with Crippen LogP contribution in [0, 0.1) is 5.92 Å². The average molecular weight is 807 g/mol. The van der Waals surface area contributed by atoms with Crippen LogP contribution in [0.3, 0.4) is 0 Å². The molecule has 5 aromatic rings. The fourth-order valence-corrected chi connectivity index (χ4v) is 9.25. The summed E-state index contributed by atoms with van der Waals surface area (Å²) in [4.78, 5) is 25.9. The molecule has 0 saturated carbocycles. The third kappa shape index (κ3) is 8.81.